The van der Waals surface area contributed by atoms with Crippen molar-refractivity contribution in [2.24, 2.45) is 5.92 Å². The maximum Gasteiger partial charge on any atom is 0.162 e. The highest BCUT2D eigenvalue weighted by molar-refractivity contribution is 5.96. The second-order valence-electron chi connectivity index (χ2n) is 3.19. The van der Waals surface area contributed by atoms with Crippen molar-refractivity contribution in [3.63, 3.8) is 0 Å². The Hall–Kier alpha value is -0.790. The minimum absolute atomic E-state index is 0.237. The van der Waals surface area contributed by atoms with Crippen LogP contribution in [0.1, 0.15) is 26.7 Å². The number of Topliss-reactive ketones (excluding diaryl/α,β-unsaturated/α-hetero) is 1. The van der Waals surface area contributed by atoms with Gasteiger partial charge in [0, 0.05) is 18.4 Å². The predicted molar refractivity (Wildman–Crippen MR) is 43.1 cm³/mol. The van der Waals surface area contributed by atoms with Gasteiger partial charge in [-0.15, -0.1) is 0 Å². The van der Waals surface area contributed by atoms with Crippen LogP contribution in [0.25, 0.3) is 0 Å². The lowest BCUT2D eigenvalue weighted by Gasteiger charge is -2.20. The largest absolute Gasteiger partial charge is 0.501 e. The molecule has 1 aliphatic rings. The maximum absolute atomic E-state index is 11.2. The van der Waals surface area contributed by atoms with E-state index in [0.717, 1.165) is 17.8 Å². The molecule has 0 amide bonds. The average molecular weight is 154 g/mol. The molecule has 2 heteroatoms. The Morgan fingerprint density at radius 2 is 2.09 bits per heavy atom. The lowest BCUT2D eigenvalue weighted by molar-refractivity contribution is -0.117. The van der Waals surface area contributed by atoms with Gasteiger partial charge in [0.15, 0.2) is 5.78 Å². The molecule has 0 saturated carbocycles. The molecule has 1 unspecified atom stereocenters. The summed E-state index contributed by atoms with van der Waals surface area (Å²) in [6, 6.07) is 0. The Balaban J connectivity index is 2.85. The molecule has 62 valence electrons. The summed E-state index contributed by atoms with van der Waals surface area (Å²) < 4.78 is 5.10. The fraction of sp³-hybridized carbons (Fsp3) is 0.667. The van der Waals surface area contributed by atoms with Crippen molar-refractivity contribution in [1.29, 1.82) is 0 Å². The van der Waals surface area contributed by atoms with Gasteiger partial charge in [0.1, 0.15) is 5.76 Å². The van der Waals surface area contributed by atoms with Crippen molar-refractivity contribution in [3.05, 3.63) is 11.3 Å². The molecule has 0 aromatic carbocycles. The van der Waals surface area contributed by atoms with Crippen LogP contribution in [0.15, 0.2) is 11.3 Å². The number of ether oxygens (including phenoxy) is 1. The van der Waals surface area contributed by atoms with Crippen LogP contribution in [-0.2, 0) is 9.53 Å². The van der Waals surface area contributed by atoms with Gasteiger partial charge in [-0.1, -0.05) is 6.92 Å². The van der Waals surface area contributed by atoms with Crippen molar-refractivity contribution in [2.45, 2.75) is 26.7 Å². The van der Waals surface area contributed by atoms with Crippen molar-refractivity contribution in [3.8, 4) is 0 Å². The number of carbonyl (C=O) groups is 1. The number of carbonyl (C=O) groups excluding carboxylic acids is 1. The Labute approximate surface area is 67.2 Å². The molecular weight excluding hydrogens is 140 g/mol. The van der Waals surface area contributed by atoms with Gasteiger partial charge in [0.05, 0.1) is 7.11 Å². The molecule has 0 saturated heterocycles. The monoisotopic (exact) mass is 154 g/mol. The normalized spacial score (nSPS) is 25.7. The summed E-state index contributed by atoms with van der Waals surface area (Å²) in [5.41, 5.74) is 0.811. The van der Waals surface area contributed by atoms with Crippen LogP contribution in [0.5, 0.6) is 0 Å². The van der Waals surface area contributed by atoms with Crippen molar-refractivity contribution < 1.29 is 9.53 Å². The van der Waals surface area contributed by atoms with E-state index in [1.54, 1.807) is 7.11 Å². The highest BCUT2D eigenvalue weighted by Gasteiger charge is 2.22. The first-order chi connectivity index (χ1) is 5.15. The second-order valence-corrected chi connectivity index (χ2v) is 3.19. The van der Waals surface area contributed by atoms with Crippen LogP contribution < -0.4 is 0 Å². The van der Waals surface area contributed by atoms with Gasteiger partial charge in [0.25, 0.3) is 0 Å². The molecule has 0 spiro atoms. The molecule has 0 N–H and O–H groups in total. The molecule has 1 atom stereocenters. The topological polar surface area (TPSA) is 26.3 Å². The van der Waals surface area contributed by atoms with Crippen LogP contribution in [0.2, 0.25) is 0 Å². The van der Waals surface area contributed by atoms with E-state index in [4.69, 9.17) is 4.74 Å². The number of hydrogen-bond acceptors (Lipinski definition) is 2. The maximum atomic E-state index is 11.2. The summed E-state index contributed by atoms with van der Waals surface area (Å²) in [6.07, 6.45) is 1.59. The van der Waals surface area contributed by atoms with E-state index in [2.05, 4.69) is 6.92 Å². The summed E-state index contributed by atoms with van der Waals surface area (Å²) in [7, 11) is 1.63. The van der Waals surface area contributed by atoms with Gasteiger partial charge in [-0.25, -0.2) is 0 Å². The summed E-state index contributed by atoms with van der Waals surface area (Å²) in [4.78, 5) is 11.2. The van der Waals surface area contributed by atoms with Gasteiger partial charge < -0.3 is 4.74 Å². The lowest BCUT2D eigenvalue weighted by Crippen LogP contribution is -2.16. The molecule has 1 rings (SSSR count). The van der Waals surface area contributed by atoms with Gasteiger partial charge in [-0.3, -0.25) is 4.79 Å². The number of methoxy groups -OCH3 is 1. The second kappa shape index (κ2) is 3.07. The van der Waals surface area contributed by atoms with Gasteiger partial charge in [-0.2, -0.15) is 0 Å². The molecule has 0 aliphatic heterocycles. The summed E-state index contributed by atoms with van der Waals surface area (Å²) in [5.74, 6) is 1.55. The van der Waals surface area contributed by atoms with Crippen LogP contribution >= 0.6 is 0 Å². The zero-order valence-electron chi connectivity index (χ0n) is 7.31. The standard InChI is InChI=1S/C9H14O2/c1-6-4-8(10)7(2)9(5-6)11-3/h6H,4-5H2,1-3H3. The van der Waals surface area contributed by atoms with E-state index >= 15 is 0 Å². The molecule has 0 fully saturated rings. The SMILES string of the molecule is COC1=C(C)C(=O)CC(C)C1. The predicted octanol–water partition coefficient (Wildman–Crippen LogP) is 1.91. The van der Waals surface area contributed by atoms with E-state index < -0.39 is 0 Å². The van der Waals surface area contributed by atoms with Crippen LogP contribution in [-0.4, -0.2) is 12.9 Å². The van der Waals surface area contributed by atoms with Gasteiger partial charge in [0.2, 0.25) is 0 Å². The summed E-state index contributed by atoms with van der Waals surface area (Å²) >= 11 is 0. The third-order valence-corrected chi connectivity index (χ3v) is 2.15. The van der Waals surface area contributed by atoms with Gasteiger partial charge in [-0.05, 0) is 12.8 Å². The first kappa shape index (κ1) is 8.31. The smallest absolute Gasteiger partial charge is 0.162 e. The van der Waals surface area contributed by atoms with Crippen molar-refractivity contribution >= 4 is 5.78 Å². The fourth-order valence-electron chi connectivity index (χ4n) is 1.40. The van der Waals surface area contributed by atoms with Gasteiger partial charge >= 0.3 is 0 Å². The van der Waals surface area contributed by atoms with Crippen molar-refractivity contribution in [2.75, 3.05) is 7.11 Å². The fourth-order valence-corrected chi connectivity index (χ4v) is 1.40. The minimum Gasteiger partial charge on any atom is -0.501 e. The molecule has 0 aromatic heterocycles. The van der Waals surface area contributed by atoms with Crippen LogP contribution in [0, 0.1) is 5.92 Å². The number of rotatable bonds is 1. The molecule has 0 bridgehead atoms. The van der Waals surface area contributed by atoms with E-state index in [1.807, 2.05) is 6.92 Å². The van der Waals surface area contributed by atoms with E-state index in [9.17, 15) is 4.79 Å². The first-order valence-corrected chi connectivity index (χ1v) is 3.92. The quantitative estimate of drug-likeness (QED) is 0.576. The van der Waals surface area contributed by atoms with Crippen LogP contribution in [0.3, 0.4) is 0 Å². The molecule has 2 nitrogen and oxygen atoms in total. The zero-order valence-corrected chi connectivity index (χ0v) is 7.31. The third-order valence-electron chi connectivity index (χ3n) is 2.15. The molecular formula is C9H14O2. The number of ketones is 1. The molecule has 0 radical (unpaired) electrons. The number of allylic oxidation sites excluding steroid dienone is 2. The Morgan fingerprint density at radius 3 is 2.64 bits per heavy atom. The van der Waals surface area contributed by atoms with E-state index in [1.165, 1.54) is 0 Å². The van der Waals surface area contributed by atoms with Crippen LogP contribution in [0.4, 0.5) is 0 Å². The summed E-state index contributed by atoms with van der Waals surface area (Å²) in [6.45, 7) is 3.91. The Morgan fingerprint density at radius 1 is 1.45 bits per heavy atom. The Kier molecular flexibility index (Phi) is 2.32. The van der Waals surface area contributed by atoms with E-state index in [0.29, 0.717) is 12.3 Å². The zero-order chi connectivity index (χ0) is 8.43. The molecule has 0 heterocycles. The summed E-state index contributed by atoms with van der Waals surface area (Å²) in [5, 5.41) is 0. The number of hydrogen-bond donors (Lipinski definition) is 0. The average Bonchev–Trinajstić information content (AvgIpc) is 1.96. The highest BCUT2D eigenvalue weighted by atomic mass is 16.5. The third kappa shape index (κ3) is 1.62. The van der Waals surface area contributed by atoms with Crippen molar-refractivity contribution in [1.82, 2.24) is 0 Å². The highest BCUT2D eigenvalue weighted by Crippen LogP contribution is 2.26. The Bertz CT molecular complexity index is 204. The lowest BCUT2D eigenvalue weighted by atomic mass is 9.89. The molecule has 11 heavy (non-hydrogen) atoms. The molecule has 1 aliphatic carbocycles. The molecule has 0 aromatic rings. The first-order valence-electron chi connectivity index (χ1n) is 3.92. The van der Waals surface area contributed by atoms with E-state index in [-0.39, 0.29) is 5.78 Å². The minimum atomic E-state index is 0.237.